The van der Waals surface area contributed by atoms with E-state index >= 15 is 0 Å². The molecule has 2 aliphatic heterocycles. The molecule has 3 atom stereocenters. The van der Waals surface area contributed by atoms with Crippen molar-refractivity contribution >= 4 is 17.0 Å². The predicted molar refractivity (Wildman–Crippen MR) is 117 cm³/mol. The van der Waals surface area contributed by atoms with Gasteiger partial charge in [0.05, 0.1) is 17.6 Å². The third-order valence-electron chi connectivity index (χ3n) is 6.23. The topological polar surface area (TPSA) is 75.4 Å². The number of aromatic nitrogens is 2. The van der Waals surface area contributed by atoms with Crippen molar-refractivity contribution in [3.05, 3.63) is 40.3 Å². The molecule has 2 aromatic rings. The number of fused-ring (bicyclic) bond motifs is 3. The normalized spacial score (nSPS) is 23.9. The first-order chi connectivity index (χ1) is 14.2. The van der Waals surface area contributed by atoms with Gasteiger partial charge in [0.25, 0.3) is 5.56 Å². The van der Waals surface area contributed by atoms with Crippen molar-refractivity contribution in [3.8, 4) is 11.8 Å². The summed E-state index contributed by atoms with van der Waals surface area (Å²) in [5.41, 5.74) is 0.595. The minimum Gasteiger partial charge on any atom is -0.476 e. The van der Waals surface area contributed by atoms with E-state index in [1.165, 1.54) is 0 Å². The maximum atomic E-state index is 13.0. The maximum Gasteiger partial charge on any atom is 0.360 e. The van der Waals surface area contributed by atoms with Crippen molar-refractivity contribution in [1.29, 1.82) is 0 Å². The van der Waals surface area contributed by atoms with Crippen molar-refractivity contribution in [2.45, 2.75) is 71.0 Å². The van der Waals surface area contributed by atoms with E-state index in [9.17, 15) is 14.7 Å². The molecule has 2 saturated heterocycles. The van der Waals surface area contributed by atoms with Gasteiger partial charge in [-0.3, -0.25) is 9.69 Å². The Kier molecular flexibility index (Phi) is 5.42. The number of nitrogens with zero attached hydrogens (tertiary/aromatic N) is 3. The molecule has 158 valence electrons. The Labute approximate surface area is 176 Å². The SMILES string of the molecule is CC(C)(C)CC#CCN1C2CC[C@H]1C[C@@H](n1c(=O)c(C(=O)O)nc3ccccc31)C2. The summed E-state index contributed by atoms with van der Waals surface area (Å²) >= 11 is 0. The van der Waals surface area contributed by atoms with Crippen LogP contribution in [0.25, 0.3) is 11.0 Å². The number of aromatic carboxylic acids is 1. The summed E-state index contributed by atoms with van der Waals surface area (Å²) in [7, 11) is 0. The minimum atomic E-state index is -1.27. The second-order valence-corrected chi connectivity index (χ2v) is 9.70. The van der Waals surface area contributed by atoms with E-state index in [1.807, 2.05) is 18.2 Å². The zero-order valence-corrected chi connectivity index (χ0v) is 17.9. The summed E-state index contributed by atoms with van der Waals surface area (Å²) in [6.45, 7) is 7.35. The van der Waals surface area contributed by atoms with Crippen molar-refractivity contribution < 1.29 is 9.90 Å². The highest BCUT2D eigenvalue weighted by Gasteiger charge is 2.41. The van der Waals surface area contributed by atoms with Gasteiger partial charge in [-0.15, -0.1) is 5.92 Å². The van der Waals surface area contributed by atoms with Crippen LogP contribution in [-0.4, -0.2) is 44.2 Å². The molecular formula is C24H29N3O3. The predicted octanol–water partition coefficient (Wildman–Crippen LogP) is 3.70. The van der Waals surface area contributed by atoms with Gasteiger partial charge in [-0.1, -0.05) is 38.8 Å². The molecule has 2 aliphatic rings. The Balaban J connectivity index is 1.61. The molecule has 2 bridgehead atoms. The number of hydrogen-bond acceptors (Lipinski definition) is 4. The highest BCUT2D eigenvalue weighted by Crippen LogP contribution is 2.40. The van der Waals surface area contributed by atoms with Crippen LogP contribution in [0.4, 0.5) is 0 Å². The van der Waals surface area contributed by atoms with Crippen molar-refractivity contribution in [2.24, 2.45) is 5.41 Å². The second-order valence-electron chi connectivity index (χ2n) is 9.70. The van der Waals surface area contributed by atoms with Gasteiger partial charge < -0.3 is 9.67 Å². The first kappa shape index (κ1) is 20.6. The van der Waals surface area contributed by atoms with Crippen LogP contribution in [0.3, 0.4) is 0 Å². The summed E-state index contributed by atoms with van der Waals surface area (Å²) in [4.78, 5) is 31.2. The highest BCUT2D eigenvalue weighted by molar-refractivity contribution is 5.88. The number of piperidine rings is 1. The molecule has 1 aromatic heterocycles. The number of carbonyl (C=O) groups is 1. The molecule has 0 spiro atoms. The van der Waals surface area contributed by atoms with Crippen molar-refractivity contribution in [1.82, 2.24) is 14.5 Å². The molecule has 1 aromatic carbocycles. The lowest BCUT2D eigenvalue weighted by molar-refractivity contribution is 0.0686. The molecular weight excluding hydrogens is 378 g/mol. The van der Waals surface area contributed by atoms with Crippen LogP contribution in [0.1, 0.15) is 69.4 Å². The zero-order valence-electron chi connectivity index (χ0n) is 17.9. The van der Waals surface area contributed by atoms with Gasteiger partial charge in [0.15, 0.2) is 0 Å². The summed E-state index contributed by atoms with van der Waals surface area (Å²) < 4.78 is 1.69. The molecule has 1 unspecified atom stereocenters. The summed E-state index contributed by atoms with van der Waals surface area (Å²) in [6.07, 6.45) is 4.77. The Morgan fingerprint density at radius 3 is 2.43 bits per heavy atom. The fourth-order valence-corrected chi connectivity index (χ4v) is 4.85. The fourth-order valence-electron chi connectivity index (χ4n) is 4.85. The Bertz CT molecular complexity index is 1070. The Morgan fingerprint density at radius 1 is 1.13 bits per heavy atom. The van der Waals surface area contributed by atoms with Crippen LogP contribution in [-0.2, 0) is 0 Å². The summed E-state index contributed by atoms with van der Waals surface area (Å²) in [5.74, 6) is 5.40. The smallest absolute Gasteiger partial charge is 0.360 e. The minimum absolute atomic E-state index is 0.0141. The second kappa shape index (κ2) is 7.88. The molecule has 0 radical (unpaired) electrons. The first-order valence-corrected chi connectivity index (χ1v) is 10.7. The number of hydrogen-bond donors (Lipinski definition) is 1. The molecule has 0 aliphatic carbocycles. The van der Waals surface area contributed by atoms with Crippen LogP contribution < -0.4 is 5.56 Å². The lowest BCUT2D eigenvalue weighted by Gasteiger charge is -2.39. The van der Waals surface area contributed by atoms with Gasteiger partial charge in [-0.25, -0.2) is 9.78 Å². The monoisotopic (exact) mass is 407 g/mol. The third kappa shape index (κ3) is 3.99. The third-order valence-corrected chi connectivity index (χ3v) is 6.23. The van der Waals surface area contributed by atoms with E-state index in [-0.39, 0.29) is 11.5 Å². The van der Waals surface area contributed by atoms with Gasteiger partial charge in [0.2, 0.25) is 5.69 Å². The van der Waals surface area contributed by atoms with E-state index in [0.717, 1.165) is 44.2 Å². The zero-order chi connectivity index (χ0) is 21.5. The molecule has 6 nitrogen and oxygen atoms in total. The summed E-state index contributed by atoms with van der Waals surface area (Å²) in [5, 5.41) is 9.48. The van der Waals surface area contributed by atoms with E-state index in [2.05, 4.69) is 42.5 Å². The average molecular weight is 408 g/mol. The molecule has 0 amide bonds. The number of rotatable bonds is 3. The van der Waals surface area contributed by atoms with Gasteiger partial charge >= 0.3 is 5.97 Å². The highest BCUT2D eigenvalue weighted by atomic mass is 16.4. The average Bonchev–Trinajstić information content (AvgIpc) is 2.91. The standard InChI is InChI=1S/C24H29N3O3/c1-24(2,3)12-6-7-13-26-16-10-11-17(26)15-18(14-16)27-20-9-5-4-8-19(20)25-21(22(27)28)23(29)30/h4-5,8-9,16-18H,10-15H2,1-3H3,(H,29,30)/t16-,17?,18+/m0/s1. The number of para-hydroxylation sites is 2. The molecule has 2 fully saturated rings. The lowest BCUT2D eigenvalue weighted by Crippen LogP contribution is -2.45. The molecule has 4 rings (SSSR count). The lowest BCUT2D eigenvalue weighted by atomic mass is 9.93. The van der Waals surface area contributed by atoms with E-state index in [4.69, 9.17) is 0 Å². The first-order valence-electron chi connectivity index (χ1n) is 10.7. The van der Waals surface area contributed by atoms with Crippen molar-refractivity contribution in [2.75, 3.05) is 6.54 Å². The van der Waals surface area contributed by atoms with Crippen LogP contribution in [0.2, 0.25) is 0 Å². The van der Waals surface area contributed by atoms with Crippen LogP contribution in [0.15, 0.2) is 29.1 Å². The number of carboxylic acid groups (broad SMARTS) is 1. The van der Waals surface area contributed by atoms with Crippen LogP contribution in [0, 0.1) is 17.3 Å². The fraction of sp³-hybridized carbons (Fsp3) is 0.542. The summed E-state index contributed by atoms with van der Waals surface area (Å²) in [6, 6.07) is 8.07. The van der Waals surface area contributed by atoms with Gasteiger partial charge in [0.1, 0.15) is 0 Å². The van der Waals surface area contributed by atoms with Gasteiger partial charge in [-0.2, -0.15) is 0 Å². The van der Waals surface area contributed by atoms with Crippen LogP contribution in [0.5, 0.6) is 0 Å². The molecule has 30 heavy (non-hydrogen) atoms. The van der Waals surface area contributed by atoms with E-state index < -0.39 is 17.2 Å². The quantitative estimate of drug-likeness (QED) is 0.785. The molecule has 0 saturated carbocycles. The molecule has 3 heterocycles. The number of benzene rings is 1. The van der Waals surface area contributed by atoms with Gasteiger partial charge in [-0.05, 0) is 43.2 Å². The Morgan fingerprint density at radius 2 is 1.80 bits per heavy atom. The molecule has 1 N–H and O–H groups in total. The van der Waals surface area contributed by atoms with E-state index in [1.54, 1.807) is 10.6 Å². The molecule has 6 heteroatoms. The largest absolute Gasteiger partial charge is 0.476 e. The maximum absolute atomic E-state index is 13.0. The van der Waals surface area contributed by atoms with Crippen molar-refractivity contribution in [3.63, 3.8) is 0 Å². The van der Waals surface area contributed by atoms with E-state index in [0.29, 0.717) is 17.6 Å². The Hall–Kier alpha value is -2.65. The number of carboxylic acids is 1. The van der Waals surface area contributed by atoms with Gasteiger partial charge in [0, 0.05) is 24.5 Å². The van der Waals surface area contributed by atoms with Crippen LogP contribution >= 0.6 is 0 Å².